The van der Waals surface area contributed by atoms with E-state index in [4.69, 9.17) is 10.7 Å². The van der Waals surface area contributed by atoms with E-state index in [1.54, 1.807) is 0 Å². The second-order valence-electron chi connectivity index (χ2n) is 7.12. The highest BCUT2D eigenvalue weighted by Gasteiger charge is 2.32. The first-order chi connectivity index (χ1) is 9.55. The molecule has 110 valence electrons. The van der Waals surface area contributed by atoms with Gasteiger partial charge in [0.1, 0.15) is 0 Å². The summed E-state index contributed by atoms with van der Waals surface area (Å²) in [6.45, 7) is 6.75. The van der Waals surface area contributed by atoms with Crippen molar-refractivity contribution in [3.63, 3.8) is 0 Å². The molecular formula is C16H26N4. The molecule has 4 nitrogen and oxygen atoms in total. The van der Waals surface area contributed by atoms with Crippen molar-refractivity contribution in [3.8, 4) is 0 Å². The Bertz CT molecular complexity index is 475. The molecule has 1 fully saturated rings. The van der Waals surface area contributed by atoms with Crippen LogP contribution < -0.4 is 10.6 Å². The number of hydrogen-bond acceptors (Lipinski definition) is 4. The van der Waals surface area contributed by atoms with Gasteiger partial charge in [0.2, 0.25) is 5.95 Å². The summed E-state index contributed by atoms with van der Waals surface area (Å²) in [7, 11) is 0. The Morgan fingerprint density at radius 3 is 2.60 bits per heavy atom. The number of aromatic nitrogens is 2. The fourth-order valence-electron chi connectivity index (χ4n) is 3.52. The van der Waals surface area contributed by atoms with Crippen LogP contribution in [0.5, 0.6) is 0 Å². The maximum atomic E-state index is 6.28. The van der Waals surface area contributed by atoms with Crippen molar-refractivity contribution in [2.75, 3.05) is 18.0 Å². The van der Waals surface area contributed by atoms with Crippen molar-refractivity contribution < 1.29 is 0 Å². The van der Waals surface area contributed by atoms with Crippen LogP contribution in [0.1, 0.15) is 63.3 Å². The van der Waals surface area contributed by atoms with Gasteiger partial charge >= 0.3 is 0 Å². The highest BCUT2D eigenvalue weighted by atomic mass is 15.2. The molecule has 1 aliphatic heterocycles. The minimum atomic E-state index is 0.0898. The van der Waals surface area contributed by atoms with Crippen molar-refractivity contribution in [2.45, 2.75) is 58.4 Å². The lowest BCUT2D eigenvalue weighted by atomic mass is 9.74. The quantitative estimate of drug-likeness (QED) is 0.855. The van der Waals surface area contributed by atoms with Gasteiger partial charge in [-0.05, 0) is 31.1 Å². The van der Waals surface area contributed by atoms with Crippen molar-refractivity contribution >= 4 is 5.95 Å². The van der Waals surface area contributed by atoms with Gasteiger partial charge in [0.05, 0.1) is 5.69 Å². The van der Waals surface area contributed by atoms with Crippen LogP contribution in [0.15, 0.2) is 6.20 Å². The maximum Gasteiger partial charge on any atom is 0.225 e. The zero-order valence-electron chi connectivity index (χ0n) is 12.7. The molecule has 1 aromatic heterocycles. The Morgan fingerprint density at radius 2 is 1.90 bits per heavy atom. The van der Waals surface area contributed by atoms with E-state index < -0.39 is 0 Å². The van der Waals surface area contributed by atoms with Gasteiger partial charge in [-0.3, -0.25) is 0 Å². The first-order valence-electron chi connectivity index (χ1n) is 7.91. The summed E-state index contributed by atoms with van der Waals surface area (Å²) in [5, 5.41) is 0. The molecule has 0 amide bonds. The van der Waals surface area contributed by atoms with E-state index in [1.807, 2.05) is 6.20 Å². The van der Waals surface area contributed by atoms with Crippen LogP contribution in [0.25, 0.3) is 0 Å². The minimum absolute atomic E-state index is 0.0898. The molecule has 1 saturated heterocycles. The predicted molar refractivity (Wildman–Crippen MR) is 81.7 cm³/mol. The third-order valence-electron chi connectivity index (χ3n) is 4.59. The van der Waals surface area contributed by atoms with Crippen LogP contribution in [0.2, 0.25) is 0 Å². The summed E-state index contributed by atoms with van der Waals surface area (Å²) >= 11 is 0. The Morgan fingerprint density at radius 1 is 1.20 bits per heavy atom. The highest BCUT2D eigenvalue weighted by molar-refractivity contribution is 5.36. The van der Waals surface area contributed by atoms with Crippen LogP contribution in [-0.2, 0) is 6.42 Å². The molecule has 20 heavy (non-hydrogen) atoms. The normalized spacial score (nSPS) is 25.9. The van der Waals surface area contributed by atoms with E-state index in [9.17, 15) is 0 Å². The minimum Gasteiger partial charge on any atom is -0.341 e. The van der Waals surface area contributed by atoms with Crippen LogP contribution in [-0.4, -0.2) is 23.1 Å². The topological polar surface area (TPSA) is 55.0 Å². The van der Waals surface area contributed by atoms with Gasteiger partial charge in [-0.2, -0.15) is 0 Å². The van der Waals surface area contributed by atoms with E-state index in [0.717, 1.165) is 37.4 Å². The average Bonchev–Trinajstić information content (AvgIpc) is 2.65. The lowest BCUT2D eigenvalue weighted by molar-refractivity contribution is 0.278. The van der Waals surface area contributed by atoms with Crippen molar-refractivity contribution in [1.29, 1.82) is 0 Å². The summed E-state index contributed by atoms with van der Waals surface area (Å²) < 4.78 is 0. The largest absolute Gasteiger partial charge is 0.341 e. The van der Waals surface area contributed by atoms with Gasteiger partial charge in [-0.1, -0.05) is 26.7 Å². The summed E-state index contributed by atoms with van der Waals surface area (Å²) in [4.78, 5) is 11.8. The number of rotatable bonds is 1. The van der Waals surface area contributed by atoms with Gasteiger partial charge < -0.3 is 10.6 Å². The first kappa shape index (κ1) is 13.8. The number of nitrogens with zero attached hydrogens (tertiary/aromatic N) is 3. The smallest absolute Gasteiger partial charge is 0.225 e. The number of anilines is 1. The monoisotopic (exact) mass is 274 g/mol. The van der Waals surface area contributed by atoms with Crippen molar-refractivity contribution in [1.82, 2.24) is 9.97 Å². The molecule has 0 radical (unpaired) electrons. The van der Waals surface area contributed by atoms with Gasteiger partial charge in [-0.15, -0.1) is 0 Å². The second-order valence-corrected chi connectivity index (χ2v) is 7.12. The van der Waals surface area contributed by atoms with Crippen LogP contribution >= 0.6 is 0 Å². The molecule has 2 heterocycles. The summed E-state index contributed by atoms with van der Waals surface area (Å²) in [6, 6.07) is 0.0898. The molecular weight excluding hydrogens is 248 g/mol. The van der Waals surface area contributed by atoms with Crippen LogP contribution in [0.4, 0.5) is 5.95 Å². The van der Waals surface area contributed by atoms with Gasteiger partial charge in [-0.25, -0.2) is 9.97 Å². The number of fused-ring (bicyclic) bond motifs is 1. The predicted octanol–water partition coefficient (Wildman–Crippen LogP) is 2.83. The van der Waals surface area contributed by atoms with E-state index in [2.05, 4.69) is 23.7 Å². The van der Waals surface area contributed by atoms with Crippen molar-refractivity contribution in [3.05, 3.63) is 17.5 Å². The Labute approximate surface area is 121 Å². The molecule has 0 aromatic carbocycles. The van der Waals surface area contributed by atoms with Crippen molar-refractivity contribution in [2.24, 2.45) is 11.1 Å². The molecule has 3 rings (SSSR count). The van der Waals surface area contributed by atoms with Gasteiger partial charge in [0.15, 0.2) is 0 Å². The molecule has 1 atom stereocenters. The zero-order valence-corrected chi connectivity index (χ0v) is 12.7. The van der Waals surface area contributed by atoms with Gasteiger partial charge in [0, 0.05) is 30.9 Å². The number of nitrogens with two attached hydrogens (primary N) is 1. The van der Waals surface area contributed by atoms with Crippen LogP contribution in [0, 0.1) is 5.41 Å². The molecule has 2 N–H and O–H groups in total. The highest BCUT2D eigenvalue weighted by Crippen LogP contribution is 2.38. The van der Waals surface area contributed by atoms with Crippen LogP contribution in [0.3, 0.4) is 0 Å². The average molecular weight is 274 g/mol. The Balaban J connectivity index is 1.88. The lowest BCUT2D eigenvalue weighted by Gasteiger charge is -2.35. The summed E-state index contributed by atoms with van der Waals surface area (Å²) in [6.07, 6.45) is 9.18. The molecule has 1 aliphatic carbocycles. The lowest BCUT2D eigenvalue weighted by Crippen LogP contribution is -2.32. The fraction of sp³-hybridized carbons (Fsp3) is 0.750. The van der Waals surface area contributed by atoms with E-state index in [0.29, 0.717) is 0 Å². The van der Waals surface area contributed by atoms with E-state index in [-0.39, 0.29) is 11.5 Å². The summed E-state index contributed by atoms with van der Waals surface area (Å²) in [5.41, 5.74) is 8.85. The van der Waals surface area contributed by atoms with E-state index >= 15 is 0 Å². The van der Waals surface area contributed by atoms with Gasteiger partial charge in [0.25, 0.3) is 0 Å². The third-order valence-corrected chi connectivity index (χ3v) is 4.59. The Kier molecular flexibility index (Phi) is 3.67. The molecule has 4 heteroatoms. The summed E-state index contributed by atoms with van der Waals surface area (Å²) in [5.74, 6) is 0.913. The molecule has 0 bridgehead atoms. The fourth-order valence-corrected chi connectivity index (χ4v) is 3.52. The second kappa shape index (κ2) is 5.32. The number of hydrogen-bond donors (Lipinski definition) is 1. The first-order valence-corrected chi connectivity index (χ1v) is 7.91. The maximum absolute atomic E-state index is 6.28. The SMILES string of the molecule is CC1(C)Cc2nc(N3CCCCCC3)ncc2C(N)C1. The van der Waals surface area contributed by atoms with E-state index in [1.165, 1.54) is 31.4 Å². The zero-order chi connectivity index (χ0) is 14.2. The Hall–Kier alpha value is -1.16. The molecule has 1 unspecified atom stereocenters. The molecule has 2 aliphatic rings. The molecule has 1 aromatic rings. The standard InChI is InChI=1S/C16H26N4/c1-16(2)9-13(17)12-11-18-15(19-14(12)10-16)20-7-5-3-4-6-8-20/h11,13H,3-10,17H2,1-2H3. The molecule has 0 saturated carbocycles. The molecule has 0 spiro atoms. The third kappa shape index (κ3) is 2.80.